The van der Waals surface area contributed by atoms with Gasteiger partial charge in [0.15, 0.2) is 0 Å². The van der Waals surface area contributed by atoms with Gasteiger partial charge >= 0.3 is 0 Å². The number of aliphatic hydroxyl groups excluding tert-OH is 1. The van der Waals surface area contributed by atoms with Gasteiger partial charge in [0, 0.05) is 19.1 Å². The molecule has 1 aromatic rings. The van der Waals surface area contributed by atoms with E-state index in [0.717, 1.165) is 25.9 Å². The Kier molecular flexibility index (Phi) is 4.77. The molecule has 1 unspecified atom stereocenters. The van der Waals surface area contributed by atoms with Crippen molar-refractivity contribution in [1.29, 1.82) is 0 Å². The normalized spacial score (nSPS) is 17.3. The highest BCUT2D eigenvalue weighted by Gasteiger charge is 2.30. The molecule has 17 heavy (non-hydrogen) atoms. The number of thiophene rings is 1. The Balaban J connectivity index is 1.82. The van der Waals surface area contributed by atoms with E-state index in [0.29, 0.717) is 6.04 Å². The van der Waals surface area contributed by atoms with Gasteiger partial charge in [-0.3, -0.25) is 4.90 Å². The third-order valence-electron chi connectivity index (χ3n) is 3.18. The van der Waals surface area contributed by atoms with Gasteiger partial charge in [-0.1, -0.05) is 6.08 Å². The van der Waals surface area contributed by atoms with E-state index in [9.17, 15) is 5.11 Å². The van der Waals surface area contributed by atoms with Crippen LogP contribution in [0.5, 0.6) is 0 Å². The third-order valence-corrected chi connectivity index (χ3v) is 3.91. The molecule has 0 amide bonds. The average molecular weight is 251 g/mol. The van der Waals surface area contributed by atoms with E-state index in [-0.39, 0.29) is 6.10 Å². The quantitative estimate of drug-likeness (QED) is 0.718. The van der Waals surface area contributed by atoms with E-state index in [2.05, 4.69) is 28.3 Å². The SMILES string of the molecule is C=CCCC(O)CN(Cc1ccsc1)C1CC1. The van der Waals surface area contributed by atoms with Crippen LogP contribution in [0.4, 0.5) is 0 Å². The van der Waals surface area contributed by atoms with E-state index in [1.54, 1.807) is 11.3 Å². The number of aliphatic hydroxyl groups is 1. The molecule has 0 spiro atoms. The lowest BCUT2D eigenvalue weighted by Gasteiger charge is -2.24. The van der Waals surface area contributed by atoms with Crippen LogP contribution in [0.1, 0.15) is 31.2 Å². The predicted molar refractivity (Wildman–Crippen MR) is 73.2 cm³/mol. The van der Waals surface area contributed by atoms with Gasteiger partial charge in [-0.05, 0) is 48.1 Å². The molecule has 1 aliphatic carbocycles. The van der Waals surface area contributed by atoms with Crippen LogP contribution in [0, 0.1) is 0 Å². The van der Waals surface area contributed by atoms with Crippen molar-refractivity contribution in [3.05, 3.63) is 35.0 Å². The number of allylic oxidation sites excluding steroid dienone is 1. The smallest absolute Gasteiger partial charge is 0.0670 e. The lowest BCUT2D eigenvalue weighted by Crippen LogP contribution is -2.33. The molecule has 1 atom stereocenters. The van der Waals surface area contributed by atoms with Crippen molar-refractivity contribution >= 4 is 11.3 Å². The van der Waals surface area contributed by atoms with Crippen molar-refractivity contribution < 1.29 is 5.11 Å². The zero-order valence-corrected chi connectivity index (χ0v) is 11.0. The summed E-state index contributed by atoms with van der Waals surface area (Å²) in [6.45, 7) is 5.48. The molecule has 0 aromatic carbocycles. The predicted octanol–water partition coefficient (Wildman–Crippen LogP) is 3.04. The summed E-state index contributed by atoms with van der Waals surface area (Å²) in [5.74, 6) is 0. The fourth-order valence-corrected chi connectivity index (χ4v) is 2.73. The monoisotopic (exact) mass is 251 g/mol. The molecule has 94 valence electrons. The Labute approximate surface area is 108 Å². The van der Waals surface area contributed by atoms with Gasteiger partial charge in [0.05, 0.1) is 6.10 Å². The largest absolute Gasteiger partial charge is 0.392 e. The summed E-state index contributed by atoms with van der Waals surface area (Å²) in [6.07, 6.45) is 5.97. The van der Waals surface area contributed by atoms with Gasteiger partial charge in [0.1, 0.15) is 0 Å². The van der Waals surface area contributed by atoms with E-state index in [1.807, 2.05) is 6.08 Å². The molecule has 0 bridgehead atoms. The summed E-state index contributed by atoms with van der Waals surface area (Å²) in [6, 6.07) is 2.88. The molecule has 2 rings (SSSR count). The molecular formula is C14H21NOS. The number of nitrogens with zero attached hydrogens (tertiary/aromatic N) is 1. The second kappa shape index (κ2) is 6.34. The molecule has 3 heteroatoms. The molecule has 1 fully saturated rings. The maximum absolute atomic E-state index is 9.97. The molecule has 0 aliphatic heterocycles. The Morgan fingerprint density at radius 1 is 1.59 bits per heavy atom. The van der Waals surface area contributed by atoms with Gasteiger partial charge in [0.2, 0.25) is 0 Å². The van der Waals surface area contributed by atoms with Gasteiger partial charge in [-0.15, -0.1) is 6.58 Å². The third kappa shape index (κ3) is 4.26. The van der Waals surface area contributed by atoms with Crippen molar-refractivity contribution in [2.45, 2.75) is 44.4 Å². The van der Waals surface area contributed by atoms with E-state index >= 15 is 0 Å². The summed E-state index contributed by atoms with van der Waals surface area (Å²) in [7, 11) is 0. The van der Waals surface area contributed by atoms with Gasteiger partial charge < -0.3 is 5.11 Å². The zero-order chi connectivity index (χ0) is 12.1. The molecular weight excluding hydrogens is 230 g/mol. The zero-order valence-electron chi connectivity index (χ0n) is 10.2. The number of hydrogen-bond donors (Lipinski definition) is 1. The van der Waals surface area contributed by atoms with Crippen LogP contribution in [0.2, 0.25) is 0 Å². The van der Waals surface area contributed by atoms with Crippen LogP contribution in [-0.2, 0) is 6.54 Å². The van der Waals surface area contributed by atoms with Crippen molar-refractivity contribution in [1.82, 2.24) is 4.90 Å². The van der Waals surface area contributed by atoms with Crippen molar-refractivity contribution in [3.8, 4) is 0 Å². The van der Waals surface area contributed by atoms with Crippen molar-refractivity contribution in [3.63, 3.8) is 0 Å². The highest BCUT2D eigenvalue weighted by Crippen LogP contribution is 2.29. The summed E-state index contributed by atoms with van der Waals surface area (Å²) < 4.78 is 0. The first-order chi connectivity index (χ1) is 8.29. The van der Waals surface area contributed by atoms with Gasteiger partial charge in [-0.2, -0.15) is 11.3 Å². The Hall–Kier alpha value is -0.640. The van der Waals surface area contributed by atoms with Crippen LogP contribution in [0.3, 0.4) is 0 Å². The maximum atomic E-state index is 9.97. The second-order valence-corrected chi connectivity index (χ2v) is 5.59. The highest BCUT2D eigenvalue weighted by atomic mass is 32.1. The topological polar surface area (TPSA) is 23.5 Å². The molecule has 0 radical (unpaired) electrons. The fourth-order valence-electron chi connectivity index (χ4n) is 2.07. The molecule has 1 saturated carbocycles. The number of hydrogen-bond acceptors (Lipinski definition) is 3. The Morgan fingerprint density at radius 2 is 2.41 bits per heavy atom. The van der Waals surface area contributed by atoms with E-state index < -0.39 is 0 Å². The minimum Gasteiger partial charge on any atom is -0.392 e. The molecule has 2 nitrogen and oxygen atoms in total. The molecule has 1 heterocycles. The lowest BCUT2D eigenvalue weighted by molar-refractivity contribution is 0.0981. The fraction of sp³-hybridized carbons (Fsp3) is 0.571. The first-order valence-corrected chi connectivity index (χ1v) is 7.28. The molecule has 1 aliphatic rings. The van der Waals surface area contributed by atoms with Gasteiger partial charge in [-0.25, -0.2) is 0 Å². The number of rotatable bonds is 8. The Morgan fingerprint density at radius 3 is 3.00 bits per heavy atom. The average Bonchev–Trinajstić information content (AvgIpc) is 3.05. The van der Waals surface area contributed by atoms with E-state index in [1.165, 1.54) is 18.4 Å². The van der Waals surface area contributed by atoms with Crippen LogP contribution in [-0.4, -0.2) is 28.7 Å². The summed E-state index contributed by atoms with van der Waals surface area (Å²) in [5, 5.41) is 14.3. The summed E-state index contributed by atoms with van der Waals surface area (Å²) >= 11 is 1.74. The summed E-state index contributed by atoms with van der Waals surface area (Å²) in [5.41, 5.74) is 1.37. The first-order valence-electron chi connectivity index (χ1n) is 6.33. The standard InChI is InChI=1S/C14H21NOS/c1-2-3-4-14(16)10-15(13-5-6-13)9-12-7-8-17-11-12/h2,7-8,11,13-14,16H,1,3-6,9-10H2. The van der Waals surface area contributed by atoms with Crippen LogP contribution >= 0.6 is 11.3 Å². The summed E-state index contributed by atoms with van der Waals surface area (Å²) in [4.78, 5) is 2.43. The van der Waals surface area contributed by atoms with Crippen molar-refractivity contribution in [2.24, 2.45) is 0 Å². The highest BCUT2D eigenvalue weighted by molar-refractivity contribution is 7.07. The molecule has 1 aromatic heterocycles. The minimum absolute atomic E-state index is 0.216. The maximum Gasteiger partial charge on any atom is 0.0670 e. The molecule has 0 saturated heterocycles. The first kappa shape index (κ1) is 12.8. The lowest BCUT2D eigenvalue weighted by atomic mass is 10.1. The van der Waals surface area contributed by atoms with E-state index in [4.69, 9.17) is 0 Å². The second-order valence-electron chi connectivity index (χ2n) is 4.81. The minimum atomic E-state index is -0.216. The Bertz CT molecular complexity index is 332. The van der Waals surface area contributed by atoms with Crippen LogP contribution < -0.4 is 0 Å². The van der Waals surface area contributed by atoms with Gasteiger partial charge in [0.25, 0.3) is 0 Å². The van der Waals surface area contributed by atoms with Crippen LogP contribution in [0.15, 0.2) is 29.5 Å². The molecule has 1 N–H and O–H groups in total. The van der Waals surface area contributed by atoms with Crippen LogP contribution in [0.25, 0.3) is 0 Å². The van der Waals surface area contributed by atoms with Crippen molar-refractivity contribution in [2.75, 3.05) is 6.54 Å².